The molecular weight excluding hydrogens is 184 g/mol. The fraction of sp³-hybridized carbons (Fsp3) is 0.778. The van der Waals surface area contributed by atoms with Crippen molar-refractivity contribution in [2.24, 2.45) is 11.8 Å². The standard InChI is InChI=1S/C9H12N2OS/c12-7-9(11-8(13)10-7)3-1-2-5-4-6(5)9/h5-6H,1-4H2,(H2,10,11,12,13). The molecule has 1 heterocycles. The zero-order chi connectivity index (χ0) is 9.05. The summed E-state index contributed by atoms with van der Waals surface area (Å²) in [5.41, 5.74) is -0.306. The maximum atomic E-state index is 11.7. The Bertz CT molecular complexity index is 304. The second-order valence-electron chi connectivity index (χ2n) is 4.37. The van der Waals surface area contributed by atoms with Crippen LogP contribution in [-0.2, 0) is 4.79 Å². The molecule has 2 aliphatic carbocycles. The average Bonchev–Trinajstić information content (AvgIpc) is 2.78. The van der Waals surface area contributed by atoms with Crippen LogP contribution in [0.1, 0.15) is 25.7 Å². The van der Waals surface area contributed by atoms with Crippen LogP contribution < -0.4 is 10.6 Å². The van der Waals surface area contributed by atoms with E-state index in [0.29, 0.717) is 11.0 Å². The fourth-order valence-corrected chi connectivity index (χ4v) is 3.22. The maximum absolute atomic E-state index is 11.7. The van der Waals surface area contributed by atoms with Crippen LogP contribution in [0.15, 0.2) is 0 Å². The van der Waals surface area contributed by atoms with Crippen molar-refractivity contribution < 1.29 is 4.79 Å². The van der Waals surface area contributed by atoms with Crippen molar-refractivity contribution in [2.75, 3.05) is 0 Å². The van der Waals surface area contributed by atoms with E-state index in [9.17, 15) is 4.79 Å². The number of hydrogen-bond acceptors (Lipinski definition) is 2. The van der Waals surface area contributed by atoms with Crippen LogP contribution in [0.2, 0.25) is 0 Å². The number of thiocarbonyl (C=S) groups is 1. The molecule has 0 bridgehead atoms. The summed E-state index contributed by atoms with van der Waals surface area (Å²) < 4.78 is 0. The molecule has 1 saturated heterocycles. The van der Waals surface area contributed by atoms with Gasteiger partial charge in [0.1, 0.15) is 5.54 Å². The van der Waals surface area contributed by atoms with Crippen molar-refractivity contribution in [1.29, 1.82) is 0 Å². The summed E-state index contributed by atoms with van der Waals surface area (Å²) in [6.07, 6.45) is 4.63. The predicted molar refractivity (Wildman–Crippen MR) is 52.1 cm³/mol. The summed E-state index contributed by atoms with van der Waals surface area (Å²) >= 11 is 4.98. The molecule has 70 valence electrons. The molecule has 3 unspecified atom stereocenters. The summed E-state index contributed by atoms with van der Waals surface area (Å²) in [5.74, 6) is 1.46. The summed E-state index contributed by atoms with van der Waals surface area (Å²) in [4.78, 5) is 11.7. The monoisotopic (exact) mass is 196 g/mol. The quantitative estimate of drug-likeness (QED) is 0.556. The Hall–Kier alpha value is -0.640. The summed E-state index contributed by atoms with van der Waals surface area (Å²) in [5, 5.41) is 6.42. The number of carbonyl (C=O) groups is 1. The van der Waals surface area contributed by atoms with E-state index in [1.165, 1.54) is 12.8 Å². The van der Waals surface area contributed by atoms with E-state index in [2.05, 4.69) is 10.6 Å². The molecule has 3 aliphatic rings. The molecule has 3 rings (SSSR count). The van der Waals surface area contributed by atoms with Gasteiger partial charge in [-0.3, -0.25) is 4.79 Å². The van der Waals surface area contributed by atoms with Crippen molar-refractivity contribution in [3.63, 3.8) is 0 Å². The lowest BCUT2D eigenvalue weighted by Crippen LogP contribution is -2.50. The van der Waals surface area contributed by atoms with Crippen LogP contribution in [0.25, 0.3) is 0 Å². The normalized spacial score (nSPS) is 47.1. The van der Waals surface area contributed by atoms with E-state index in [0.717, 1.165) is 18.8 Å². The van der Waals surface area contributed by atoms with Gasteiger partial charge in [-0.25, -0.2) is 0 Å². The van der Waals surface area contributed by atoms with E-state index >= 15 is 0 Å². The largest absolute Gasteiger partial charge is 0.348 e. The van der Waals surface area contributed by atoms with Gasteiger partial charge >= 0.3 is 0 Å². The van der Waals surface area contributed by atoms with Gasteiger partial charge in [0.15, 0.2) is 5.11 Å². The molecule has 13 heavy (non-hydrogen) atoms. The Morgan fingerprint density at radius 1 is 1.54 bits per heavy atom. The average molecular weight is 196 g/mol. The third-order valence-electron chi connectivity index (χ3n) is 3.67. The molecule has 3 fully saturated rings. The minimum absolute atomic E-state index is 0.115. The highest BCUT2D eigenvalue weighted by Crippen LogP contribution is 2.55. The third kappa shape index (κ3) is 0.894. The lowest BCUT2D eigenvalue weighted by molar-refractivity contribution is -0.125. The smallest absolute Gasteiger partial charge is 0.252 e. The van der Waals surface area contributed by atoms with Gasteiger partial charge in [0.05, 0.1) is 0 Å². The van der Waals surface area contributed by atoms with E-state index in [4.69, 9.17) is 12.2 Å². The molecule has 1 amide bonds. The summed E-state index contributed by atoms with van der Waals surface area (Å²) in [6, 6.07) is 0. The lowest BCUT2D eigenvalue weighted by Gasteiger charge is -2.30. The summed E-state index contributed by atoms with van der Waals surface area (Å²) in [7, 11) is 0. The molecule has 1 aliphatic heterocycles. The molecule has 0 aromatic rings. The van der Waals surface area contributed by atoms with Crippen molar-refractivity contribution in [2.45, 2.75) is 31.2 Å². The Morgan fingerprint density at radius 2 is 2.38 bits per heavy atom. The number of hydrogen-bond donors (Lipinski definition) is 2. The highest BCUT2D eigenvalue weighted by atomic mass is 32.1. The molecule has 0 radical (unpaired) electrons. The van der Waals surface area contributed by atoms with E-state index in [-0.39, 0.29) is 11.4 Å². The van der Waals surface area contributed by atoms with E-state index in [1.807, 2.05) is 0 Å². The number of amides is 1. The molecule has 4 heteroatoms. The highest BCUT2D eigenvalue weighted by molar-refractivity contribution is 7.80. The molecule has 3 nitrogen and oxygen atoms in total. The van der Waals surface area contributed by atoms with Gasteiger partial charge in [-0.1, -0.05) is 6.42 Å². The predicted octanol–water partition coefficient (Wildman–Crippen LogP) is 0.549. The van der Waals surface area contributed by atoms with Gasteiger partial charge in [0.2, 0.25) is 0 Å². The molecule has 3 atom stereocenters. The first-order valence-corrected chi connectivity index (χ1v) is 5.27. The third-order valence-corrected chi connectivity index (χ3v) is 3.87. The Balaban J connectivity index is 1.95. The van der Waals surface area contributed by atoms with Crippen molar-refractivity contribution in [3.8, 4) is 0 Å². The Labute approximate surface area is 82.3 Å². The SMILES string of the molecule is O=C1NC(=S)NC12CCCC1CC12. The Morgan fingerprint density at radius 3 is 3.08 bits per heavy atom. The van der Waals surface area contributed by atoms with Gasteiger partial charge in [-0.15, -0.1) is 0 Å². The minimum Gasteiger partial charge on any atom is -0.348 e. The van der Waals surface area contributed by atoms with Crippen LogP contribution in [0.5, 0.6) is 0 Å². The Kier molecular flexibility index (Phi) is 1.33. The summed E-state index contributed by atoms with van der Waals surface area (Å²) in [6.45, 7) is 0. The van der Waals surface area contributed by atoms with Crippen molar-refractivity contribution in [1.82, 2.24) is 10.6 Å². The highest BCUT2D eigenvalue weighted by Gasteiger charge is 2.61. The molecule has 2 N–H and O–H groups in total. The lowest BCUT2D eigenvalue weighted by atomic mass is 9.81. The number of rotatable bonds is 0. The van der Waals surface area contributed by atoms with Gasteiger partial charge in [-0.05, 0) is 43.3 Å². The number of nitrogens with one attached hydrogen (secondary N) is 2. The molecule has 1 spiro atoms. The minimum atomic E-state index is -0.306. The zero-order valence-electron chi connectivity index (χ0n) is 7.30. The molecule has 0 aromatic carbocycles. The van der Waals surface area contributed by atoms with Crippen LogP contribution in [0.3, 0.4) is 0 Å². The van der Waals surface area contributed by atoms with E-state index < -0.39 is 0 Å². The molecule has 0 aromatic heterocycles. The fourth-order valence-electron chi connectivity index (χ4n) is 2.94. The number of fused-ring (bicyclic) bond motifs is 2. The van der Waals surface area contributed by atoms with Gasteiger partial charge in [0.25, 0.3) is 5.91 Å². The second-order valence-corrected chi connectivity index (χ2v) is 4.78. The first-order chi connectivity index (χ1) is 6.22. The molecular formula is C9H12N2OS. The maximum Gasteiger partial charge on any atom is 0.252 e. The number of carbonyl (C=O) groups excluding carboxylic acids is 1. The van der Waals surface area contributed by atoms with Gasteiger partial charge < -0.3 is 10.6 Å². The van der Waals surface area contributed by atoms with Gasteiger partial charge in [-0.2, -0.15) is 0 Å². The second kappa shape index (κ2) is 2.23. The first kappa shape index (κ1) is 7.74. The molecule has 2 saturated carbocycles. The zero-order valence-corrected chi connectivity index (χ0v) is 8.12. The first-order valence-electron chi connectivity index (χ1n) is 4.86. The van der Waals surface area contributed by atoms with Gasteiger partial charge in [0, 0.05) is 0 Å². The topological polar surface area (TPSA) is 41.1 Å². The van der Waals surface area contributed by atoms with Crippen LogP contribution >= 0.6 is 12.2 Å². The van der Waals surface area contributed by atoms with Crippen LogP contribution in [0.4, 0.5) is 0 Å². The van der Waals surface area contributed by atoms with Crippen molar-refractivity contribution in [3.05, 3.63) is 0 Å². The van der Waals surface area contributed by atoms with Crippen LogP contribution in [-0.4, -0.2) is 16.6 Å². The van der Waals surface area contributed by atoms with Crippen molar-refractivity contribution >= 4 is 23.2 Å². The van der Waals surface area contributed by atoms with E-state index in [1.54, 1.807) is 0 Å². The van der Waals surface area contributed by atoms with Crippen LogP contribution in [0, 0.1) is 11.8 Å².